The Labute approximate surface area is 185 Å². The normalized spacial score (nSPS) is 18.1. The summed E-state index contributed by atoms with van der Waals surface area (Å²) in [7, 11) is 0. The van der Waals surface area contributed by atoms with Crippen LogP contribution in [0.1, 0.15) is 43.1 Å². The summed E-state index contributed by atoms with van der Waals surface area (Å²) in [6.07, 6.45) is -2.30. The van der Waals surface area contributed by atoms with Crippen LogP contribution in [0.25, 0.3) is 6.08 Å². The van der Waals surface area contributed by atoms with Gasteiger partial charge >= 0.3 is 12.2 Å². The highest BCUT2D eigenvalue weighted by molar-refractivity contribution is 5.89. The SMILES string of the molecule is Cc1onc(NC(=O)N2CC/C(=C\c3cccc(OCCCC(F)(F)F)c3)C(C)C2)c1C. The molecular formula is C23H28F3N3O3. The van der Waals surface area contributed by atoms with Crippen LogP contribution >= 0.6 is 0 Å². The molecule has 1 atom stereocenters. The number of nitrogens with one attached hydrogen (secondary N) is 1. The molecular weight excluding hydrogens is 423 g/mol. The predicted octanol–water partition coefficient (Wildman–Crippen LogP) is 5.97. The summed E-state index contributed by atoms with van der Waals surface area (Å²) in [5.74, 6) is 1.81. The molecule has 0 spiro atoms. The van der Waals surface area contributed by atoms with Crippen molar-refractivity contribution in [2.24, 2.45) is 5.92 Å². The Morgan fingerprint density at radius 2 is 2.16 bits per heavy atom. The Bertz CT molecular complexity index is 969. The number of ether oxygens (including phenoxy) is 1. The van der Waals surface area contributed by atoms with E-state index in [0.717, 1.165) is 17.5 Å². The number of likely N-dealkylation sites (tertiary alicyclic amines) is 1. The molecule has 1 saturated heterocycles. The average molecular weight is 451 g/mol. The van der Waals surface area contributed by atoms with Crippen molar-refractivity contribution in [2.45, 2.75) is 46.2 Å². The van der Waals surface area contributed by atoms with Crippen LogP contribution < -0.4 is 10.1 Å². The predicted molar refractivity (Wildman–Crippen MR) is 116 cm³/mol. The van der Waals surface area contributed by atoms with Gasteiger partial charge in [-0.05, 0) is 50.3 Å². The van der Waals surface area contributed by atoms with E-state index in [1.54, 1.807) is 17.9 Å². The summed E-state index contributed by atoms with van der Waals surface area (Å²) >= 11 is 0. The lowest BCUT2D eigenvalue weighted by atomic mass is 9.91. The van der Waals surface area contributed by atoms with E-state index in [1.165, 1.54) is 5.57 Å². The number of carbonyl (C=O) groups excluding carboxylic acids is 1. The number of carbonyl (C=O) groups is 1. The van der Waals surface area contributed by atoms with Crippen molar-refractivity contribution in [3.8, 4) is 5.75 Å². The van der Waals surface area contributed by atoms with Gasteiger partial charge in [0.25, 0.3) is 0 Å². The fourth-order valence-electron chi connectivity index (χ4n) is 3.53. The van der Waals surface area contributed by atoms with E-state index in [1.807, 2.05) is 25.1 Å². The molecule has 1 N–H and O–H groups in total. The van der Waals surface area contributed by atoms with Crippen molar-refractivity contribution in [1.29, 1.82) is 0 Å². The number of hydrogen-bond acceptors (Lipinski definition) is 4. The second-order valence-electron chi connectivity index (χ2n) is 8.10. The quantitative estimate of drug-likeness (QED) is 0.550. The molecule has 1 unspecified atom stereocenters. The van der Waals surface area contributed by atoms with Crippen LogP contribution in [0, 0.1) is 19.8 Å². The number of benzene rings is 1. The minimum atomic E-state index is -4.16. The average Bonchev–Trinajstić information content (AvgIpc) is 3.04. The number of halogens is 3. The molecule has 1 aliphatic heterocycles. The number of hydrogen-bond donors (Lipinski definition) is 1. The van der Waals surface area contributed by atoms with Gasteiger partial charge in [-0.25, -0.2) is 4.79 Å². The first-order chi connectivity index (χ1) is 15.1. The highest BCUT2D eigenvalue weighted by atomic mass is 19.4. The molecule has 1 fully saturated rings. The van der Waals surface area contributed by atoms with E-state index in [-0.39, 0.29) is 25.0 Å². The Balaban J connectivity index is 1.55. The van der Waals surface area contributed by atoms with Crippen molar-refractivity contribution in [1.82, 2.24) is 10.1 Å². The maximum atomic E-state index is 12.6. The van der Waals surface area contributed by atoms with Gasteiger partial charge in [-0.2, -0.15) is 13.2 Å². The number of alkyl halides is 3. The van der Waals surface area contributed by atoms with Crippen LogP contribution in [0.5, 0.6) is 5.75 Å². The van der Waals surface area contributed by atoms with E-state index in [9.17, 15) is 18.0 Å². The maximum absolute atomic E-state index is 12.6. The second-order valence-corrected chi connectivity index (χ2v) is 8.10. The van der Waals surface area contributed by atoms with Gasteiger partial charge in [-0.3, -0.25) is 5.32 Å². The molecule has 2 aromatic rings. The lowest BCUT2D eigenvalue weighted by Crippen LogP contribution is -2.42. The standard InChI is InChI=1S/C23H28F3N3O3/c1-15-14-29(22(30)27-21-16(2)17(3)32-28-21)10-8-19(15)12-18-6-4-7-20(13-18)31-11-5-9-23(24,25)26/h4,6-7,12-13,15H,5,8-11,14H2,1-3H3,(H,27,28,30)/b19-12+. The van der Waals surface area contributed by atoms with Crippen molar-refractivity contribution >= 4 is 17.9 Å². The Morgan fingerprint density at radius 3 is 2.81 bits per heavy atom. The Hall–Kier alpha value is -2.97. The molecule has 0 bridgehead atoms. The van der Waals surface area contributed by atoms with E-state index in [2.05, 4.69) is 23.5 Å². The van der Waals surface area contributed by atoms with Crippen molar-refractivity contribution in [2.75, 3.05) is 25.0 Å². The van der Waals surface area contributed by atoms with Gasteiger partial charge in [0.15, 0.2) is 5.82 Å². The molecule has 1 aromatic carbocycles. The van der Waals surface area contributed by atoms with Crippen molar-refractivity contribution in [3.05, 3.63) is 46.7 Å². The van der Waals surface area contributed by atoms with Crippen LogP contribution in [0.4, 0.5) is 23.8 Å². The summed E-state index contributed by atoms with van der Waals surface area (Å²) in [5.41, 5.74) is 2.94. The van der Waals surface area contributed by atoms with E-state index in [4.69, 9.17) is 9.26 Å². The number of piperidine rings is 1. The lowest BCUT2D eigenvalue weighted by molar-refractivity contribution is -0.136. The zero-order valence-electron chi connectivity index (χ0n) is 18.5. The van der Waals surface area contributed by atoms with Crippen LogP contribution in [0.15, 0.2) is 34.4 Å². The Kier molecular flexibility index (Phi) is 7.48. The van der Waals surface area contributed by atoms with E-state index in [0.29, 0.717) is 30.4 Å². The molecule has 3 rings (SSSR count). The number of urea groups is 1. The summed E-state index contributed by atoms with van der Waals surface area (Å²) in [6, 6.07) is 7.10. The number of amides is 2. The van der Waals surface area contributed by atoms with Crippen LogP contribution in [-0.2, 0) is 0 Å². The highest BCUT2D eigenvalue weighted by Crippen LogP contribution is 2.27. The molecule has 0 aliphatic carbocycles. The summed E-state index contributed by atoms with van der Waals surface area (Å²) in [5, 5.41) is 6.68. The third kappa shape index (κ3) is 6.51. The fraction of sp³-hybridized carbons (Fsp3) is 0.478. The van der Waals surface area contributed by atoms with Gasteiger partial charge in [-0.1, -0.05) is 35.9 Å². The number of aromatic nitrogens is 1. The summed E-state index contributed by atoms with van der Waals surface area (Å²) in [6.45, 7) is 6.86. The lowest BCUT2D eigenvalue weighted by Gasteiger charge is -2.33. The molecule has 1 aliphatic rings. The first-order valence-electron chi connectivity index (χ1n) is 10.6. The topological polar surface area (TPSA) is 67.6 Å². The molecule has 2 heterocycles. The molecule has 0 saturated carbocycles. The molecule has 6 nitrogen and oxygen atoms in total. The van der Waals surface area contributed by atoms with Gasteiger partial charge in [0.1, 0.15) is 11.5 Å². The molecule has 9 heteroatoms. The first kappa shape index (κ1) is 23.7. The third-order valence-electron chi connectivity index (χ3n) is 5.55. The fourth-order valence-corrected chi connectivity index (χ4v) is 3.53. The molecule has 32 heavy (non-hydrogen) atoms. The molecule has 174 valence electrons. The smallest absolute Gasteiger partial charge is 0.389 e. The van der Waals surface area contributed by atoms with Crippen molar-refractivity contribution in [3.63, 3.8) is 0 Å². The van der Waals surface area contributed by atoms with Gasteiger partial charge in [0, 0.05) is 25.1 Å². The van der Waals surface area contributed by atoms with Crippen LogP contribution in [0.3, 0.4) is 0 Å². The van der Waals surface area contributed by atoms with Gasteiger partial charge in [-0.15, -0.1) is 0 Å². The van der Waals surface area contributed by atoms with Crippen molar-refractivity contribution < 1.29 is 27.2 Å². The number of aryl methyl sites for hydroxylation is 1. The van der Waals surface area contributed by atoms with Crippen LogP contribution in [0.2, 0.25) is 0 Å². The molecule has 0 radical (unpaired) electrons. The largest absolute Gasteiger partial charge is 0.494 e. The third-order valence-corrected chi connectivity index (χ3v) is 5.55. The maximum Gasteiger partial charge on any atom is 0.389 e. The highest BCUT2D eigenvalue weighted by Gasteiger charge is 2.26. The first-order valence-corrected chi connectivity index (χ1v) is 10.6. The van der Waals surface area contributed by atoms with Gasteiger partial charge in [0.2, 0.25) is 0 Å². The minimum absolute atomic E-state index is 0.0184. The molecule has 2 amide bonds. The zero-order chi connectivity index (χ0) is 23.3. The zero-order valence-corrected chi connectivity index (χ0v) is 18.5. The van der Waals surface area contributed by atoms with E-state index >= 15 is 0 Å². The summed E-state index contributed by atoms with van der Waals surface area (Å²) < 4.78 is 47.3. The number of rotatable bonds is 6. The minimum Gasteiger partial charge on any atom is -0.494 e. The van der Waals surface area contributed by atoms with Gasteiger partial charge < -0.3 is 14.2 Å². The monoisotopic (exact) mass is 451 g/mol. The molecule has 1 aromatic heterocycles. The number of nitrogens with zero attached hydrogens (tertiary/aromatic N) is 2. The summed E-state index contributed by atoms with van der Waals surface area (Å²) in [4.78, 5) is 14.4. The second kappa shape index (κ2) is 10.1. The van der Waals surface area contributed by atoms with E-state index < -0.39 is 12.6 Å². The Morgan fingerprint density at radius 1 is 1.38 bits per heavy atom. The van der Waals surface area contributed by atoms with Gasteiger partial charge in [0.05, 0.1) is 6.61 Å². The van der Waals surface area contributed by atoms with Crippen LogP contribution in [-0.4, -0.2) is 42.0 Å². The number of anilines is 1.